The first-order valence-electron chi connectivity index (χ1n) is 17.2. The van der Waals surface area contributed by atoms with Crippen LogP contribution in [0.2, 0.25) is 0 Å². The minimum absolute atomic E-state index is 0.113. The molecule has 3 aromatic carbocycles. The van der Waals surface area contributed by atoms with E-state index < -0.39 is 62.7 Å². The van der Waals surface area contributed by atoms with Gasteiger partial charge in [0.25, 0.3) is 0 Å². The van der Waals surface area contributed by atoms with Crippen LogP contribution in [0.15, 0.2) is 77.7 Å². The molecule has 0 aromatic heterocycles. The Kier molecular flexibility index (Phi) is 11.2. The predicted octanol–water partition coefficient (Wildman–Crippen LogP) is 4.61. The molecule has 13 heteroatoms. The summed E-state index contributed by atoms with van der Waals surface area (Å²) in [6.45, 7) is 9.43. The zero-order valence-electron chi connectivity index (χ0n) is 29.7. The Balaban J connectivity index is 1.44. The highest BCUT2D eigenvalue weighted by atomic mass is 32.2. The third kappa shape index (κ3) is 8.26. The van der Waals surface area contributed by atoms with Gasteiger partial charge in [0.1, 0.15) is 5.60 Å². The second kappa shape index (κ2) is 15.2. The number of sulfone groups is 1. The zero-order chi connectivity index (χ0) is 37.0. The molecule has 2 aliphatic heterocycles. The van der Waals surface area contributed by atoms with Gasteiger partial charge in [-0.3, -0.25) is 4.79 Å². The Morgan fingerprint density at radius 3 is 2.27 bits per heavy atom. The van der Waals surface area contributed by atoms with Crippen molar-refractivity contribution in [2.24, 2.45) is 0 Å². The number of anilines is 1. The zero-order valence-corrected chi connectivity index (χ0v) is 30.5. The summed E-state index contributed by atoms with van der Waals surface area (Å²) in [6, 6.07) is 17.7. The number of hydrogen-bond donors (Lipinski definition) is 3. The lowest BCUT2D eigenvalue weighted by molar-refractivity contribution is -0.161. The molecule has 5 rings (SSSR count). The number of esters is 2. The Morgan fingerprint density at radius 1 is 0.961 bits per heavy atom. The second-order valence-electron chi connectivity index (χ2n) is 13.9. The lowest BCUT2D eigenvalue weighted by Crippen LogP contribution is -2.64. The first kappa shape index (κ1) is 37.5. The molecule has 12 nitrogen and oxygen atoms in total. The molecule has 3 amide bonds. The van der Waals surface area contributed by atoms with Crippen LogP contribution in [0.5, 0.6) is 0 Å². The summed E-state index contributed by atoms with van der Waals surface area (Å²) in [5.74, 6) is -2.27. The van der Waals surface area contributed by atoms with E-state index in [4.69, 9.17) is 9.47 Å². The van der Waals surface area contributed by atoms with Crippen molar-refractivity contribution in [3.63, 3.8) is 0 Å². The molecule has 272 valence electrons. The van der Waals surface area contributed by atoms with Crippen LogP contribution in [-0.2, 0) is 46.5 Å². The van der Waals surface area contributed by atoms with Crippen molar-refractivity contribution in [1.29, 1.82) is 0 Å². The molecule has 0 aliphatic carbocycles. The molecule has 2 heterocycles. The number of urea groups is 1. The lowest BCUT2D eigenvalue weighted by atomic mass is 9.92. The number of nitrogens with zero attached hydrogens (tertiary/aromatic N) is 1. The van der Waals surface area contributed by atoms with Crippen LogP contribution in [-0.4, -0.2) is 73.4 Å². The van der Waals surface area contributed by atoms with E-state index in [9.17, 15) is 27.6 Å². The van der Waals surface area contributed by atoms with E-state index in [0.29, 0.717) is 36.2 Å². The van der Waals surface area contributed by atoms with E-state index in [0.717, 1.165) is 17.5 Å². The highest BCUT2D eigenvalue weighted by Gasteiger charge is 2.55. The van der Waals surface area contributed by atoms with Gasteiger partial charge in [-0.25, -0.2) is 22.8 Å². The van der Waals surface area contributed by atoms with Crippen molar-refractivity contribution in [3.05, 3.63) is 95.1 Å². The Morgan fingerprint density at radius 2 is 1.65 bits per heavy atom. The average molecular weight is 719 g/mol. The first-order valence-corrected chi connectivity index (χ1v) is 18.6. The normalized spacial score (nSPS) is 18.6. The van der Waals surface area contributed by atoms with Crippen LogP contribution >= 0.6 is 0 Å². The summed E-state index contributed by atoms with van der Waals surface area (Å²) < 4.78 is 40.0. The number of fused-ring (bicyclic) bond motifs is 1. The molecule has 3 N–H and O–H groups in total. The Hall–Kier alpha value is -4.75. The maximum Gasteiger partial charge on any atom is 0.348 e. The predicted molar refractivity (Wildman–Crippen MR) is 191 cm³/mol. The molecule has 0 bridgehead atoms. The molecule has 3 atom stereocenters. The van der Waals surface area contributed by atoms with Crippen LogP contribution in [0, 0.1) is 6.92 Å². The van der Waals surface area contributed by atoms with E-state index in [2.05, 4.69) is 16.0 Å². The quantitative estimate of drug-likeness (QED) is 0.255. The van der Waals surface area contributed by atoms with Gasteiger partial charge < -0.3 is 30.3 Å². The van der Waals surface area contributed by atoms with Gasteiger partial charge in [0.2, 0.25) is 20.6 Å². The van der Waals surface area contributed by atoms with Crippen LogP contribution in [0.4, 0.5) is 10.5 Å². The van der Waals surface area contributed by atoms with Crippen molar-refractivity contribution >= 4 is 39.4 Å². The maximum absolute atomic E-state index is 14.4. The van der Waals surface area contributed by atoms with E-state index in [-0.39, 0.29) is 18.0 Å². The third-order valence-corrected chi connectivity index (χ3v) is 11.2. The van der Waals surface area contributed by atoms with Crippen LogP contribution in [0.3, 0.4) is 0 Å². The van der Waals surface area contributed by atoms with Crippen molar-refractivity contribution < 1.29 is 37.1 Å². The number of carbonyl (C=O) groups is 4. The molecule has 0 saturated carbocycles. The fourth-order valence-electron chi connectivity index (χ4n) is 6.39. The Bertz CT molecular complexity index is 1870. The van der Waals surface area contributed by atoms with Gasteiger partial charge in [0, 0.05) is 18.7 Å². The molecule has 0 spiro atoms. The van der Waals surface area contributed by atoms with Gasteiger partial charge in [-0.1, -0.05) is 54.1 Å². The van der Waals surface area contributed by atoms with Gasteiger partial charge in [-0.15, -0.1) is 0 Å². The van der Waals surface area contributed by atoms with Crippen LogP contribution in [0.1, 0.15) is 68.8 Å². The van der Waals surface area contributed by atoms with E-state index >= 15 is 0 Å². The molecule has 1 saturated heterocycles. The van der Waals surface area contributed by atoms with E-state index in [1.807, 2.05) is 31.2 Å². The average Bonchev–Trinajstić information content (AvgIpc) is 3.63. The smallest absolute Gasteiger partial charge is 0.348 e. The fourth-order valence-corrected chi connectivity index (χ4v) is 8.15. The number of rotatable bonds is 10. The monoisotopic (exact) mass is 718 g/mol. The third-order valence-electron chi connectivity index (χ3n) is 8.93. The molecule has 1 unspecified atom stereocenters. The highest BCUT2D eigenvalue weighted by Crippen LogP contribution is 2.34. The van der Waals surface area contributed by atoms with Gasteiger partial charge in [0.05, 0.1) is 17.5 Å². The topological polar surface area (TPSA) is 160 Å². The van der Waals surface area contributed by atoms with Gasteiger partial charge >= 0.3 is 18.0 Å². The molecule has 1 fully saturated rings. The lowest BCUT2D eigenvalue weighted by Gasteiger charge is -2.37. The fraction of sp³-hybridized carbons (Fsp3) is 0.421. The van der Waals surface area contributed by atoms with Crippen molar-refractivity contribution in [2.75, 3.05) is 25.0 Å². The minimum atomic E-state index is -4.57. The number of amides is 3. The maximum atomic E-state index is 14.4. The number of ether oxygens (including phenoxy) is 2. The standard InChI is InChI=1S/C38H46N4O8S/c1-6-49-35(45)38(41-33(43)31-12-9-22-39-31,51(47,48)29-19-13-25(2)14-20-29)24-26-15-17-28(18-16-26)40-36(46)42-23-21-27-10-7-8-11-30(27)32(42)34(44)50-37(3,4)5/h7-8,10-11,13-20,31-32,39H,6,9,12,21-24H2,1-5H3,(H,40,46)(H,41,43)/t31-,32?,38+/m0/s1. The van der Waals surface area contributed by atoms with E-state index in [1.54, 1.807) is 64.1 Å². The molecule has 0 radical (unpaired) electrons. The SMILES string of the molecule is CCOC(=O)[C@](Cc1ccc(NC(=O)N2CCc3ccccc3C2C(=O)OC(C)(C)C)cc1)(NC(=O)[C@@H]1CCCN1)S(=O)(=O)c1ccc(C)cc1. The molecule has 51 heavy (non-hydrogen) atoms. The molecule has 2 aliphatic rings. The minimum Gasteiger partial charge on any atom is -0.463 e. The largest absolute Gasteiger partial charge is 0.463 e. The Labute approximate surface area is 299 Å². The summed E-state index contributed by atoms with van der Waals surface area (Å²) in [6.07, 6.45) is 1.32. The summed E-state index contributed by atoms with van der Waals surface area (Å²) in [4.78, 5) is 53.3. The second-order valence-corrected chi connectivity index (χ2v) is 16.1. The van der Waals surface area contributed by atoms with Crippen molar-refractivity contribution in [2.45, 2.75) is 87.8 Å². The summed E-state index contributed by atoms with van der Waals surface area (Å²) in [5, 5.41) is 8.51. The number of hydrogen-bond acceptors (Lipinski definition) is 9. The molecular weight excluding hydrogens is 673 g/mol. The van der Waals surface area contributed by atoms with Crippen molar-refractivity contribution in [3.8, 4) is 0 Å². The number of carbonyl (C=O) groups excluding carboxylic acids is 4. The number of benzene rings is 3. The van der Waals surface area contributed by atoms with Crippen LogP contribution in [0.25, 0.3) is 0 Å². The van der Waals surface area contributed by atoms with Gasteiger partial charge in [0.15, 0.2) is 6.04 Å². The van der Waals surface area contributed by atoms with Crippen LogP contribution < -0.4 is 16.0 Å². The van der Waals surface area contributed by atoms with Crippen molar-refractivity contribution in [1.82, 2.24) is 15.5 Å². The summed E-state index contributed by atoms with van der Waals surface area (Å²) >= 11 is 0. The first-order chi connectivity index (χ1) is 24.1. The molecule has 3 aromatic rings. The molecular formula is C38H46N4O8S. The van der Waals surface area contributed by atoms with E-state index in [1.165, 1.54) is 17.0 Å². The number of nitrogens with one attached hydrogen (secondary N) is 3. The van der Waals surface area contributed by atoms with Gasteiger partial charge in [-0.2, -0.15) is 0 Å². The number of aryl methyl sites for hydroxylation is 1. The summed E-state index contributed by atoms with van der Waals surface area (Å²) in [7, 11) is -4.57. The van der Waals surface area contributed by atoms with Gasteiger partial charge in [-0.05, 0) is 101 Å². The highest BCUT2D eigenvalue weighted by molar-refractivity contribution is 7.93. The summed E-state index contributed by atoms with van der Waals surface area (Å²) in [5.41, 5.74) is 2.47.